The normalized spacial score (nSPS) is 24.1. The standard InChI is InChI=1S/C11H23NO4S/c1-3-16-7-8-17(14,15)12-6-4-5-11(12)9-10(2)13/h10-11,13H,3-9H2,1-2H3. The molecule has 5 nitrogen and oxygen atoms in total. The average Bonchev–Trinajstić information content (AvgIpc) is 2.65. The van der Waals surface area contributed by atoms with E-state index in [0.717, 1.165) is 12.8 Å². The Labute approximate surface area is 104 Å². The van der Waals surface area contributed by atoms with Gasteiger partial charge in [0.05, 0.1) is 18.5 Å². The van der Waals surface area contributed by atoms with E-state index >= 15 is 0 Å². The first-order valence-corrected chi connectivity index (χ1v) is 7.83. The second-order valence-electron chi connectivity index (χ2n) is 4.50. The highest BCUT2D eigenvalue weighted by Crippen LogP contribution is 2.24. The molecular formula is C11H23NO4S. The van der Waals surface area contributed by atoms with E-state index in [4.69, 9.17) is 4.74 Å². The summed E-state index contributed by atoms with van der Waals surface area (Å²) >= 11 is 0. The van der Waals surface area contributed by atoms with Crippen LogP contribution in [0.1, 0.15) is 33.1 Å². The molecule has 0 bridgehead atoms. The van der Waals surface area contributed by atoms with Gasteiger partial charge >= 0.3 is 0 Å². The summed E-state index contributed by atoms with van der Waals surface area (Å²) < 4.78 is 30.8. The Morgan fingerprint density at radius 2 is 2.24 bits per heavy atom. The van der Waals surface area contributed by atoms with Crippen LogP contribution < -0.4 is 0 Å². The third-order valence-electron chi connectivity index (χ3n) is 2.98. The van der Waals surface area contributed by atoms with Crippen molar-refractivity contribution in [2.45, 2.75) is 45.3 Å². The van der Waals surface area contributed by atoms with Gasteiger partial charge in [0.15, 0.2) is 0 Å². The summed E-state index contributed by atoms with van der Waals surface area (Å²) in [5, 5.41) is 9.36. The van der Waals surface area contributed by atoms with Crippen molar-refractivity contribution < 1.29 is 18.3 Å². The van der Waals surface area contributed by atoms with Gasteiger partial charge < -0.3 is 9.84 Å². The van der Waals surface area contributed by atoms with Crippen LogP contribution in [0.4, 0.5) is 0 Å². The summed E-state index contributed by atoms with van der Waals surface area (Å²) in [6.45, 7) is 4.90. The molecule has 0 aromatic carbocycles. The first-order valence-electron chi connectivity index (χ1n) is 6.22. The Morgan fingerprint density at radius 3 is 2.82 bits per heavy atom. The summed E-state index contributed by atoms with van der Waals surface area (Å²) in [6.07, 6.45) is 1.79. The van der Waals surface area contributed by atoms with E-state index < -0.39 is 16.1 Å². The highest BCUT2D eigenvalue weighted by atomic mass is 32.2. The van der Waals surface area contributed by atoms with Crippen LogP contribution in [-0.2, 0) is 14.8 Å². The lowest BCUT2D eigenvalue weighted by molar-refractivity contribution is 0.154. The van der Waals surface area contributed by atoms with Crippen LogP contribution in [0.25, 0.3) is 0 Å². The Balaban J connectivity index is 2.56. The van der Waals surface area contributed by atoms with E-state index in [0.29, 0.717) is 19.6 Å². The smallest absolute Gasteiger partial charge is 0.216 e. The van der Waals surface area contributed by atoms with Crippen molar-refractivity contribution in [3.63, 3.8) is 0 Å². The fourth-order valence-corrected chi connectivity index (χ4v) is 3.85. The van der Waals surface area contributed by atoms with Crippen molar-refractivity contribution in [3.05, 3.63) is 0 Å². The SMILES string of the molecule is CCOCCS(=O)(=O)N1CCCC1CC(C)O. The molecule has 2 unspecified atom stereocenters. The van der Waals surface area contributed by atoms with E-state index in [1.807, 2.05) is 6.92 Å². The minimum atomic E-state index is -3.23. The fraction of sp³-hybridized carbons (Fsp3) is 1.00. The highest BCUT2D eigenvalue weighted by Gasteiger charge is 2.34. The van der Waals surface area contributed by atoms with Gasteiger partial charge in [0.2, 0.25) is 10.0 Å². The maximum Gasteiger partial charge on any atom is 0.216 e. The molecule has 6 heteroatoms. The zero-order valence-corrected chi connectivity index (χ0v) is 11.4. The molecule has 0 spiro atoms. The number of hydrogen-bond donors (Lipinski definition) is 1. The number of aliphatic hydroxyl groups excluding tert-OH is 1. The van der Waals surface area contributed by atoms with E-state index in [1.165, 1.54) is 0 Å². The van der Waals surface area contributed by atoms with Crippen LogP contribution in [0, 0.1) is 0 Å². The molecule has 1 N–H and O–H groups in total. The summed E-state index contributed by atoms with van der Waals surface area (Å²) in [7, 11) is -3.23. The largest absolute Gasteiger partial charge is 0.393 e. The van der Waals surface area contributed by atoms with Gasteiger partial charge in [-0.05, 0) is 33.1 Å². The lowest BCUT2D eigenvalue weighted by atomic mass is 10.1. The lowest BCUT2D eigenvalue weighted by Gasteiger charge is -2.24. The second-order valence-corrected chi connectivity index (χ2v) is 6.55. The van der Waals surface area contributed by atoms with Crippen LogP contribution in [0.5, 0.6) is 0 Å². The molecule has 102 valence electrons. The molecule has 1 fully saturated rings. The predicted molar refractivity (Wildman–Crippen MR) is 66.3 cm³/mol. The van der Waals surface area contributed by atoms with Crippen LogP contribution in [0.3, 0.4) is 0 Å². The van der Waals surface area contributed by atoms with Crippen molar-refractivity contribution in [2.24, 2.45) is 0 Å². The minimum Gasteiger partial charge on any atom is -0.393 e. The molecule has 1 rings (SSSR count). The number of aliphatic hydroxyl groups is 1. The zero-order chi connectivity index (χ0) is 12.9. The van der Waals surface area contributed by atoms with Gasteiger partial charge in [-0.15, -0.1) is 0 Å². The molecule has 1 aliphatic rings. The number of rotatable bonds is 7. The molecule has 0 saturated carbocycles. The van der Waals surface area contributed by atoms with Crippen molar-refractivity contribution in [1.29, 1.82) is 0 Å². The number of sulfonamides is 1. The van der Waals surface area contributed by atoms with Crippen LogP contribution >= 0.6 is 0 Å². The van der Waals surface area contributed by atoms with Crippen molar-refractivity contribution in [2.75, 3.05) is 25.5 Å². The molecule has 0 aromatic rings. The van der Waals surface area contributed by atoms with E-state index in [2.05, 4.69) is 0 Å². The van der Waals surface area contributed by atoms with Gasteiger partial charge in [-0.1, -0.05) is 0 Å². The van der Waals surface area contributed by atoms with E-state index in [1.54, 1.807) is 11.2 Å². The van der Waals surface area contributed by atoms with Crippen LogP contribution in [0.2, 0.25) is 0 Å². The summed E-state index contributed by atoms with van der Waals surface area (Å²) in [6, 6.07) is -0.0402. The molecule has 0 aliphatic carbocycles. The summed E-state index contributed by atoms with van der Waals surface area (Å²) in [5.74, 6) is 0.0388. The topological polar surface area (TPSA) is 66.8 Å². The Hall–Kier alpha value is -0.170. The van der Waals surface area contributed by atoms with Crippen molar-refractivity contribution in [1.82, 2.24) is 4.31 Å². The number of ether oxygens (including phenoxy) is 1. The number of nitrogens with zero attached hydrogens (tertiary/aromatic N) is 1. The van der Waals surface area contributed by atoms with Gasteiger partial charge in [0.1, 0.15) is 0 Å². The maximum atomic E-state index is 12.1. The molecule has 1 aliphatic heterocycles. The molecule has 1 saturated heterocycles. The van der Waals surface area contributed by atoms with E-state index in [-0.39, 0.29) is 18.4 Å². The predicted octanol–water partition coefficient (Wildman–Crippen LogP) is 0.588. The molecule has 0 amide bonds. The molecule has 1 heterocycles. The first-order chi connectivity index (χ1) is 7.97. The average molecular weight is 265 g/mol. The van der Waals surface area contributed by atoms with Gasteiger partial charge in [-0.25, -0.2) is 8.42 Å². The first kappa shape index (κ1) is 14.9. The molecule has 0 radical (unpaired) electrons. The number of hydrogen-bond acceptors (Lipinski definition) is 4. The zero-order valence-electron chi connectivity index (χ0n) is 10.6. The Morgan fingerprint density at radius 1 is 1.53 bits per heavy atom. The molecule has 0 aromatic heterocycles. The maximum absolute atomic E-state index is 12.1. The van der Waals surface area contributed by atoms with Gasteiger partial charge in [-0.2, -0.15) is 4.31 Å². The molecular weight excluding hydrogens is 242 g/mol. The van der Waals surface area contributed by atoms with Gasteiger partial charge in [0, 0.05) is 19.2 Å². The molecule has 17 heavy (non-hydrogen) atoms. The van der Waals surface area contributed by atoms with Crippen molar-refractivity contribution in [3.8, 4) is 0 Å². The quantitative estimate of drug-likeness (QED) is 0.684. The van der Waals surface area contributed by atoms with Crippen LogP contribution in [-0.4, -0.2) is 55.5 Å². The second kappa shape index (κ2) is 6.68. The summed E-state index contributed by atoms with van der Waals surface area (Å²) in [4.78, 5) is 0. The fourth-order valence-electron chi connectivity index (χ4n) is 2.23. The Kier molecular flexibility index (Phi) is 5.85. The molecule has 2 atom stereocenters. The van der Waals surface area contributed by atoms with E-state index in [9.17, 15) is 13.5 Å². The van der Waals surface area contributed by atoms with Crippen molar-refractivity contribution >= 4 is 10.0 Å². The summed E-state index contributed by atoms with van der Waals surface area (Å²) in [5.41, 5.74) is 0. The highest BCUT2D eigenvalue weighted by molar-refractivity contribution is 7.89. The monoisotopic (exact) mass is 265 g/mol. The third-order valence-corrected chi connectivity index (χ3v) is 4.86. The van der Waals surface area contributed by atoms with Crippen LogP contribution in [0.15, 0.2) is 0 Å². The third kappa shape index (κ3) is 4.54. The Bertz CT molecular complexity index is 315. The van der Waals surface area contributed by atoms with Gasteiger partial charge in [0.25, 0.3) is 0 Å². The van der Waals surface area contributed by atoms with Gasteiger partial charge in [-0.3, -0.25) is 0 Å². The lowest BCUT2D eigenvalue weighted by Crippen LogP contribution is -2.39. The minimum absolute atomic E-state index is 0.0388.